The van der Waals surface area contributed by atoms with Crippen LogP contribution in [0.5, 0.6) is 0 Å². The first kappa shape index (κ1) is 21.6. The summed E-state index contributed by atoms with van der Waals surface area (Å²) in [4.78, 5) is 50.7. The van der Waals surface area contributed by atoms with Gasteiger partial charge in [0, 0.05) is 31.3 Å². The first-order valence-electron chi connectivity index (χ1n) is 9.09. The van der Waals surface area contributed by atoms with Crippen LogP contribution < -0.4 is 10.2 Å². The third-order valence-corrected chi connectivity index (χ3v) is 8.30. The summed E-state index contributed by atoms with van der Waals surface area (Å²) in [5, 5.41) is 14.2. The number of carbonyl (C=O) groups excluding carboxylic acids is 2. The fourth-order valence-corrected chi connectivity index (χ4v) is 6.07. The third kappa shape index (κ3) is 3.72. The topological polar surface area (TPSA) is 122 Å². The Balaban J connectivity index is 2.04. The van der Waals surface area contributed by atoms with Crippen molar-refractivity contribution in [1.29, 1.82) is 0 Å². The summed E-state index contributed by atoms with van der Waals surface area (Å²) in [7, 11) is 0.271. The van der Waals surface area contributed by atoms with Crippen molar-refractivity contribution in [2.45, 2.75) is 12.3 Å². The molecule has 1 heterocycles. The van der Waals surface area contributed by atoms with Crippen LogP contribution in [0.25, 0.3) is 0 Å². The first-order valence-corrected chi connectivity index (χ1v) is 10.8. The third-order valence-electron chi connectivity index (χ3n) is 5.09. The van der Waals surface area contributed by atoms with Gasteiger partial charge in [-0.2, -0.15) is 9.34 Å². The minimum Gasteiger partial charge on any atom is -0.641 e. The SMILES string of the molecule is CN1C(=O)N(C)[P+]([O-])(C(NCc2ccccc2)c2ccc([N+](=O)[O-])cc2)N(C)C1=O. The number of hydrogen-bond donors (Lipinski definition) is 1. The van der Waals surface area contributed by atoms with Crippen LogP contribution in [0.1, 0.15) is 16.9 Å². The molecule has 0 aromatic heterocycles. The Morgan fingerprint density at radius 1 is 0.967 bits per heavy atom. The van der Waals surface area contributed by atoms with E-state index < -0.39 is 30.6 Å². The highest BCUT2D eigenvalue weighted by atomic mass is 31.2. The van der Waals surface area contributed by atoms with Crippen LogP contribution in [0.3, 0.4) is 0 Å². The summed E-state index contributed by atoms with van der Waals surface area (Å²) in [6.45, 7) is 0.312. The van der Waals surface area contributed by atoms with Gasteiger partial charge in [0.2, 0.25) is 0 Å². The van der Waals surface area contributed by atoms with Gasteiger partial charge < -0.3 is 4.89 Å². The Morgan fingerprint density at radius 3 is 2.00 bits per heavy atom. The molecular weight excluding hydrogens is 409 g/mol. The monoisotopic (exact) mass is 431 g/mol. The summed E-state index contributed by atoms with van der Waals surface area (Å²) in [5.74, 6) is -0.949. The second-order valence-electron chi connectivity index (χ2n) is 6.88. The molecule has 0 spiro atoms. The number of carbonyl (C=O) groups is 2. The zero-order chi connectivity index (χ0) is 22.1. The van der Waals surface area contributed by atoms with Gasteiger partial charge in [0.15, 0.2) is 13.6 Å². The molecule has 2 aromatic rings. The number of benzene rings is 2. The average Bonchev–Trinajstić information content (AvgIpc) is 2.76. The molecule has 2 aromatic carbocycles. The minimum atomic E-state index is -3.81. The van der Waals surface area contributed by atoms with Gasteiger partial charge in [-0.25, -0.2) is 14.5 Å². The van der Waals surface area contributed by atoms with E-state index in [1.165, 1.54) is 45.4 Å². The molecule has 0 bridgehead atoms. The minimum absolute atomic E-state index is 0.115. The molecule has 4 amide bonds. The van der Waals surface area contributed by atoms with Crippen LogP contribution in [0.4, 0.5) is 15.3 Å². The van der Waals surface area contributed by atoms with Gasteiger partial charge in [0.05, 0.1) is 19.0 Å². The highest BCUT2D eigenvalue weighted by Gasteiger charge is 2.56. The molecule has 1 N–H and O–H groups in total. The first-order chi connectivity index (χ1) is 14.2. The largest absolute Gasteiger partial charge is 0.641 e. The van der Waals surface area contributed by atoms with Gasteiger partial charge in [0.25, 0.3) is 5.69 Å². The van der Waals surface area contributed by atoms with Crippen LogP contribution in [0, 0.1) is 10.1 Å². The molecule has 0 aliphatic carbocycles. The zero-order valence-corrected chi connectivity index (χ0v) is 17.7. The number of urea groups is 2. The van der Waals surface area contributed by atoms with Gasteiger partial charge in [-0.15, -0.1) is 0 Å². The van der Waals surface area contributed by atoms with Gasteiger partial charge in [0.1, 0.15) is 0 Å². The van der Waals surface area contributed by atoms with Crippen LogP contribution in [-0.4, -0.2) is 52.4 Å². The van der Waals surface area contributed by atoms with Crippen LogP contribution in [0.2, 0.25) is 0 Å². The molecule has 1 aliphatic heterocycles. The van der Waals surface area contributed by atoms with E-state index in [9.17, 15) is 24.6 Å². The fraction of sp³-hybridized carbons (Fsp3) is 0.263. The number of hydrogen-bond acceptors (Lipinski definition) is 6. The predicted octanol–water partition coefficient (Wildman–Crippen LogP) is 2.56. The summed E-state index contributed by atoms with van der Waals surface area (Å²) in [6.07, 6.45) is 0. The second-order valence-corrected chi connectivity index (χ2v) is 9.77. The van der Waals surface area contributed by atoms with E-state index in [1.807, 2.05) is 30.3 Å². The van der Waals surface area contributed by atoms with E-state index in [-0.39, 0.29) is 5.69 Å². The standard InChI is InChI=1S/C19H22N5O5P/c1-21-18(25)22(2)30(29,23(3)19(21)26)17(20-13-14-7-5-4-6-8-14)15-9-11-16(12-10-15)24(27)28/h4-12,17,20H,13H2,1-3H3. The number of imide groups is 1. The van der Waals surface area contributed by atoms with Crippen LogP contribution >= 0.6 is 7.79 Å². The number of nitrogens with zero attached hydrogens (tertiary/aromatic N) is 4. The maximum absolute atomic E-state index is 14.2. The predicted molar refractivity (Wildman–Crippen MR) is 110 cm³/mol. The Hall–Kier alpha value is -3.07. The van der Waals surface area contributed by atoms with E-state index in [1.54, 1.807) is 0 Å². The molecule has 0 saturated carbocycles. The van der Waals surface area contributed by atoms with Crippen molar-refractivity contribution in [2.75, 3.05) is 21.1 Å². The molecule has 0 radical (unpaired) electrons. The number of nitro groups is 1. The number of nitrogens with one attached hydrogen (secondary N) is 1. The second kappa shape index (κ2) is 8.35. The van der Waals surface area contributed by atoms with E-state index >= 15 is 0 Å². The van der Waals surface area contributed by atoms with Gasteiger partial charge in [-0.3, -0.25) is 15.4 Å². The quantitative estimate of drug-likeness (QED) is 0.426. The molecule has 1 atom stereocenters. The molecule has 11 heteroatoms. The van der Waals surface area contributed by atoms with Gasteiger partial charge >= 0.3 is 12.1 Å². The molecule has 10 nitrogen and oxygen atoms in total. The van der Waals surface area contributed by atoms with Crippen LogP contribution in [0.15, 0.2) is 54.6 Å². The number of nitro benzene ring substituents is 1. The van der Waals surface area contributed by atoms with E-state index in [0.29, 0.717) is 12.1 Å². The van der Waals surface area contributed by atoms with Crippen molar-refractivity contribution in [2.24, 2.45) is 0 Å². The molecule has 1 aliphatic rings. The molecule has 1 unspecified atom stereocenters. The van der Waals surface area contributed by atoms with Crippen molar-refractivity contribution in [3.05, 3.63) is 75.8 Å². The lowest BCUT2D eigenvalue weighted by molar-refractivity contribution is -0.384. The summed E-state index contributed by atoms with van der Waals surface area (Å²) in [5.41, 5.74) is 1.26. The number of amides is 4. The molecule has 158 valence electrons. The Morgan fingerprint density at radius 2 is 1.50 bits per heavy atom. The fourth-order valence-electron chi connectivity index (χ4n) is 3.33. The smallest absolute Gasteiger partial charge is 0.361 e. The van der Waals surface area contributed by atoms with Crippen LogP contribution in [-0.2, 0) is 6.54 Å². The van der Waals surface area contributed by atoms with E-state index in [4.69, 9.17) is 0 Å². The molecule has 1 fully saturated rings. The maximum Gasteiger partial charge on any atom is 0.361 e. The van der Waals surface area contributed by atoms with Crippen molar-refractivity contribution in [3.63, 3.8) is 0 Å². The molecule has 1 saturated heterocycles. The van der Waals surface area contributed by atoms with Crippen molar-refractivity contribution in [1.82, 2.24) is 19.6 Å². The number of non-ortho nitro benzene ring substituents is 1. The average molecular weight is 431 g/mol. The zero-order valence-electron chi connectivity index (χ0n) is 16.8. The summed E-state index contributed by atoms with van der Waals surface area (Å²) in [6, 6.07) is 13.6. The maximum atomic E-state index is 14.2. The Labute approximate surface area is 174 Å². The lowest BCUT2D eigenvalue weighted by atomic mass is 10.2. The van der Waals surface area contributed by atoms with Gasteiger partial charge in [-0.05, 0) is 17.7 Å². The summed E-state index contributed by atoms with van der Waals surface area (Å²) >= 11 is 0. The Kier molecular flexibility index (Phi) is 6.02. The van der Waals surface area contributed by atoms with Crippen molar-refractivity contribution >= 4 is 25.5 Å². The lowest BCUT2D eigenvalue weighted by Gasteiger charge is -2.51. The summed E-state index contributed by atoms with van der Waals surface area (Å²) < 4.78 is 2.14. The number of rotatable bonds is 6. The molecular formula is C19H22N5O5P. The van der Waals surface area contributed by atoms with Crippen molar-refractivity contribution in [3.8, 4) is 0 Å². The van der Waals surface area contributed by atoms with E-state index in [0.717, 1.165) is 19.8 Å². The highest BCUT2D eigenvalue weighted by molar-refractivity contribution is 7.66. The van der Waals surface area contributed by atoms with E-state index in [2.05, 4.69) is 5.32 Å². The molecule has 3 rings (SSSR count). The molecule has 30 heavy (non-hydrogen) atoms. The van der Waals surface area contributed by atoms with Gasteiger partial charge in [-0.1, -0.05) is 30.3 Å². The Bertz CT molecular complexity index is 934. The lowest BCUT2D eigenvalue weighted by Crippen LogP contribution is -2.60. The highest BCUT2D eigenvalue weighted by Crippen LogP contribution is 2.67. The van der Waals surface area contributed by atoms with Crippen molar-refractivity contribution < 1.29 is 19.4 Å². The normalized spacial score (nSPS) is 17.3.